The fraction of sp³-hybridized carbons (Fsp3) is 0.306. The molecule has 0 aliphatic carbocycles. The molecule has 2 aliphatic rings. The van der Waals surface area contributed by atoms with Gasteiger partial charge in [0.25, 0.3) is 0 Å². The number of aliphatic carboxylic acids is 1. The van der Waals surface area contributed by atoms with Gasteiger partial charge in [0.1, 0.15) is 58.6 Å². The van der Waals surface area contributed by atoms with Gasteiger partial charge in [-0.05, 0) is 120 Å². The van der Waals surface area contributed by atoms with Crippen molar-refractivity contribution in [3.63, 3.8) is 0 Å². The molecule has 0 aromatic heterocycles. The third-order valence-electron chi connectivity index (χ3n) is 13.3. The first-order valence-corrected chi connectivity index (χ1v) is 32.1. The molecule has 0 fully saturated rings. The van der Waals surface area contributed by atoms with Crippen molar-refractivity contribution >= 4 is 111 Å². The molecule has 84 heavy (non-hydrogen) atoms. The Kier molecular flexibility index (Phi) is 27.8. The first-order valence-electron chi connectivity index (χ1n) is 23.3. The molecule has 426 valence electrons. The van der Waals surface area contributed by atoms with Crippen molar-refractivity contribution < 1.29 is 249 Å². The number of hydrogen-bond acceptors (Lipinski definition) is 21. The van der Waals surface area contributed by atoms with Gasteiger partial charge in [-0.25, -0.2) is 54.9 Å². The van der Waals surface area contributed by atoms with Crippen molar-refractivity contribution in [3.8, 4) is 5.75 Å². The van der Waals surface area contributed by atoms with Crippen LogP contribution in [0.1, 0.15) is 70.1 Å². The number of carbonyl (C=O) groups is 1. The number of anilines is 1. The molecule has 0 unspecified atom stereocenters. The van der Waals surface area contributed by atoms with Crippen LogP contribution in [0.25, 0.3) is 27.1 Å². The summed E-state index contributed by atoms with van der Waals surface area (Å²) in [6.45, 7) is 5.59. The molecule has 35 heteroatoms. The van der Waals surface area contributed by atoms with Crippen LogP contribution in [0.15, 0.2) is 116 Å². The fourth-order valence-corrected chi connectivity index (χ4v) is 13.7. The maximum atomic E-state index is 15.8. The minimum absolute atomic E-state index is 0. The van der Waals surface area contributed by atoms with Gasteiger partial charge in [-0.1, -0.05) is 26.0 Å². The van der Waals surface area contributed by atoms with Crippen LogP contribution in [0.5, 0.6) is 5.75 Å². The smallest absolute Gasteiger partial charge is 0.748 e. The summed E-state index contributed by atoms with van der Waals surface area (Å²) in [6.07, 6.45) is 4.78. The number of hydrogen-bond donors (Lipinski definition) is 1. The van der Waals surface area contributed by atoms with Gasteiger partial charge in [-0.3, -0.25) is 4.79 Å². The van der Waals surface area contributed by atoms with Gasteiger partial charge in [0.2, 0.25) is 5.69 Å². The Morgan fingerprint density at radius 2 is 1.14 bits per heavy atom. The molecule has 0 spiro atoms. The quantitative estimate of drug-likeness (QED) is 0.0234. The van der Waals surface area contributed by atoms with E-state index in [0.717, 1.165) is 24.3 Å². The van der Waals surface area contributed by atoms with Crippen LogP contribution in [0, 0.1) is 5.82 Å². The number of nitrogens with zero attached hydrogens (tertiary/aromatic N) is 2. The van der Waals surface area contributed by atoms with Crippen molar-refractivity contribution in [2.45, 2.75) is 83.8 Å². The standard InChI is InChI=1S/C49H51FN2O21S6.5Na/c1-48(2)43(51(17-6-20-74(55,56)57)39-13-11-35-37(46(39)48)25-33(76(61,62)63)27-41(35)78(67,68)69)15-9-29(30-22-31(50)24-32(23-30)73-19-5-8-45(53)54)10-16-44-49(3,4)47-38-26-34(77(64,65)66)28-42(79(70,71)72)36(38)12-14-40(47)52(44)18-7-21-75(58,59)60;;;;;/h9-16,22-28H,5-8,17-21H2,1-4H3,(H6-,53,54,55,56,57,58,59,60,61,62,63,64,65,66,67,68,69,70,71,72);;;;;/q;5*+1/p-5. The van der Waals surface area contributed by atoms with Gasteiger partial charge < -0.3 is 42.1 Å². The first kappa shape index (κ1) is 79.1. The summed E-state index contributed by atoms with van der Waals surface area (Å²) in [7, 11) is -31.4. The largest absolute Gasteiger partial charge is 1.00 e. The normalized spacial score (nSPS) is 15.6. The maximum absolute atomic E-state index is 15.8. The molecule has 1 N–H and O–H groups in total. The molecule has 2 heterocycles. The zero-order chi connectivity index (χ0) is 58.8. The molecule has 2 aliphatic heterocycles. The molecule has 0 atom stereocenters. The Hall–Kier alpha value is -1.03. The number of rotatable bonds is 21. The van der Waals surface area contributed by atoms with E-state index in [2.05, 4.69) is 0 Å². The number of ether oxygens (including phenoxy) is 1. The van der Waals surface area contributed by atoms with Crippen molar-refractivity contribution in [2.75, 3.05) is 36.1 Å². The zero-order valence-corrected chi connectivity index (χ0v) is 61.8. The summed E-state index contributed by atoms with van der Waals surface area (Å²) in [5, 5.41) is 8.23. The van der Waals surface area contributed by atoms with Gasteiger partial charge in [0.15, 0.2) is 5.71 Å². The number of halogens is 1. The summed E-state index contributed by atoms with van der Waals surface area (Å²) in [6, 6.07) is 11.1. The van der Waals surface area contributed by atoms with Gasteiger partial charge in [-0.15, -0.1) is 0 Å². The Morgan fingerprint density at radius 1 is 0.631 bits per heavy atom. The molecule has 0 saturated heterocycles. The van der Waals surface area contributed by atoms with E-state index in [9.17, 15) is 87.7 Å². The van der Waals surface area contributed by atoms with Gasteiger partial charge in [0.05, 0.1) is 51.8 Å². The van der Waals surface area contributed by atoms with E-state index in [1.54, 1.807) is 27.7 Å². The summed E-state index contributed by atoms with van der Waals surface area (Å²) in [4.78, 5) is 8.51. The minimum atomic E-state index is -5.46. The van der Waals surface area contributed by atoms with Crippen LogP contribution in [-0.4, -0.2) is 130 Å². The van der Waals surface area contributed by atoms with Crippen LogP contribution >= 0.6 is 0 Å². The van der Waals surface area contributed by atoms with Crippen LogP contribution in [-0.2, 0) is 76.3 Å². The van der Waals surface area contributed by atoms with Crippen molar-refractivity contribution in [2.24, 2.45) is 0 Å². The van der Waals surface area contributed by atoms with Crippen LogP contribution < -0.4 is 157 Å². The molecule has 0 saturated carbocycles. The molecular weight excluding hydrogens is 1280 g/mol. The predicted molar refractivity (Wildman–Crippen MR) is 275 cm³/mol. The molecule has 7 rings (SSSR count). The predicted octanol–water partition coefficient (Wildman–Crippen LogP) is -10.4. The Labute approximate surface area is 596 Å². The van der Waals surface area contributed by atoms with Crippen molar-refractivity contribution in [1.29, 1.82) is 0 Å². The summed E-state index contributed by atoms with van der Waals surface area (Å²) in [5.41, 5.74) is -1.68. The van der Waals surface area contributed by atoms with Crippen LogP contribution in [0.2, 0.25) is 0 Å². The SMILES string of the molecule is CC1(C)C(/C=C/C(=C/C=C2/N(CCCS(=O)(=O)[O-])c3ccc4c(S(=O)(=O)[O-])cc(S(=O)(=O)[O-])cc4c3C2(C)C)c2cc(F)cc(OCCCC(=O)O)c2)=[N+](CCCS(=O)(=O)[O-])c2ccc3c(S(=O)(=O)[O-])cc(S(=O)(=O)[O-])cc3c21.[Na+].[Na+].[Na+].[Na+].[Na+]. The summed E-state index contributed by atoms with van der Waals surface area (Å²) >= 11 is 0. The molecule has 5 aromatic carbocycles. The molecule has 23 nitrogen and oxygen atoms in total. The third kappa shape index (κ3) is 18.4. The second kappa shape index (κ2) is 29.5. The topological polar surface area (TPSA) is 396 Å². The average molecular weight is 1330 g/mol. The molecule has 0 radical (unpaired) electrons. The fourth-order valence-electron chi connectivity index (χ4n) is 10.1. The second-order valence-corrected chi connectivity index (χ2v) is 28.0. The Bertz CT molecular complexity index is 4270. The summed E-state index contributed by atoms with van der Waals surface area (Å²) < 4.78 is 244. The van der Waals surface area contributed by atoms with Crippen molar-refractivity contribution in [3.05, 3.63) is 119 Å². The Morgan fingerprint density at radius 3 is 1.64 bits per heavy atom. The van der Waals surface area contributed by atoms with Gasteiger partial charge >= 0.3 is 154 Å². The van der Waals surface area contributed by atoms with E-state index < -0.39 is 114 Å². The number of carboxylic acids is 1. The molecule has 0 amide bonds. The first-order chi connectivity index (χ1) is 36.2. The number of allylic oxidation sites excluding steroid dienone is 6. The zero-order valence-electron chi connectivity index (χ0n) is 46.9. The molecular formula is C49H46FN2Na5O21S6. The molecule has 0 bridgehead atoms. The van der Waals surface area contributed by atoms with E-state index in [1.807, 2.05) is 0 Å². The van der Waals surface area contributed by atoms with Crippen LogP contribution in [0.4, 0.5) is 15.8 Å². The van der Waals surface area contributed by atoms with E-state index in [0.29, 0.717) is 12.1 Å². The number of fused-ring (bicyclic) bond motifs is 6. The summed E-state index contributed by atoms with van der Waals surface area (Å²) in [5.74, 6) is -3.88. The Balaban J connectivity index is 0.00000482. The second-order valence-electron chi connectivity index (χ2n) is 19.5. The minimum Gasteiger partial charge on any atom is -0.748 e. The van der Waals surface area contributed by atoms with E-state index in [4.69, 9.17) is 4.74 Å². The van der Waals surface area contributed by atoms with Gasteiger partial charge in [0, 0.05) is 76.8 Å². The number of carboxylic acid groups (broad SMARTS) is 1. The van der Waals surface area contributed by atoms with E-state index in [-0.39, 0.29) is 266 Å². The maximum Gasteiger partial charge on any atom is 1.00 e. The van der Waals surface area contributed by atoms with Crippen LogP contribution in [0.3, 0.4) is 0 Å². The number of benzene rings is 5. The van der Waals surface area contributed by atoms with Crippen molar-refractivity contribution in [1.82, 2.24) is 0 Å². The monoisotopic (exact) mass is 1320 g/mol. The van der Waals surface area contributed by atoms with E-state index >= 15 is 4.39 Å². The third-order valence-corrected chi connectivity index (χ3v) is 18.3. The van der Waals surface area contributed by atoms with Gasteiger partial charge in [-0.2, -0.15) is 4.58 Å². The van der Waals surface area contributed by atoms with E-state index in [1.165, 1.54) is 64.1 Å². The molecule has 5 aromatic rings. The average Bonchev–Trinajstić information content (AvgIpc) is 3.80.